The van der Waals surface area contributed by atoms with Crippen LogP contribution in [0.15, 0.2) is 35.1 Å². The molecule has 0 N–H and O–H groups in total. The van der Waals surface area contributed by atoms with Gasteiger partial charge >= 0.3 is 6.18 Å². The van der Waals surface area contributed by atoms with E-state index in [4.69, 9.17) is 0 Å². The minimum atomic E-state index is -4.60. The van der Waals surface area contributed by atoms with E-state index in [1.54, 1.807) is 17.8 Å². The smallest absolute Gasteiger partial charge is 0.334 e. The van der Waals surface area contributed by atoms with Gasteiger partial charge in [-0.05, 0) is 36.3 Å². The molecule has 1 unspecified atom stereocenters. The van der Waals surface area contributed by atoms with Crippen LogP contribution in [0, 0.1) is 0 Å². The van der Waals surface area contributed by atoms with Gasteiger partial charge in [0.15, 0.2) is 0 Å². The number of carbonyl (C=O) groups is 1. The summed E-state index contributed by atoms with van der Waals surface area (Å²) < 4.78 is 41.3. The van der Waals surface area contributed by atoms with E-state index in [-0.39, 0.29) is 23.7 Å². The maximum atomic E-state index is 13.3. The highest BCUT2D eigenvalue weighted by atomic mass is 32.2. The molecule has 0 radical (unpaired) electrons. The van der Waals surface area contributed by atoms with Crippen LogP contribution in [0.4, 0.5) is 13.2 Å². The molecular formula is C20H20F3N3O2S. The Labute approximate surface area is 169 Å². The quantitative estimate of drug-likeness (QED) is 0.760. The SMILES string of the molecule is O=C(c1ccccc1C(F)(F)F)N1CCCC1Cn1nc2c(cc1=O)CSCC2. The van der Waals surface area contributed by atoms with Crippen LogP contribution >= 0.6 is 11.8 Å². The van der Waals surface area contributed by atoms with Gasteiger partial charge in [-0.1, -0.05) is 12.1 Å². The third-order valence-corrected chi connectivity index (χ3v) is 6.40. The van der Waals surface area contributed by atoms with Crippen molar-refractivity contribution in [2.45, 2.75) is 43.8 Å². The van der Waals surface area contributed by atoms with Crippen LogP contribution < -0.4 is 5.56 Å². The molecule has 0 bridgehead atoms. The number of hydrogen-bond donors (Lipinski definition) is 0. The summed E-state index contributed by atoms with van der Waals surface area (Å²) in [7, 11) is 0. The molecule has 29 heavy (non-hydrogen) atoms. The summed E-state index contributed by atoms with van der Waals surface area (Å²) in [5, 5.41) is 4.47. The number of nitrogens with zero attached hydrogens (tertiary/aromatic N) is 3. The number of thioether (sulfide) groups is 1. The highest BCUT2D eigenvalue weighted by Gasteiger charge is 2.38. The lowest BCUT2D eigenvalue weighted by Crippen LogP contribution is -2.41. The van der Waals surface area contributed by atoms with Crippen molar-refractivity contribution in [2.24, 2.45) is 0 Å². The first kappa shape index (κ1) is 20.0. The molecule has 1 amide bonds. The molecule has 2 aromatic rings. The number of carbonyl (C=O) groups excluding carboxylic acids is 1. The highest BCUT2D eigenvalue weighted by Crippen LogP contribution is 2.33. The molecule has 1 aromatic carbocycles. The van der Waals surface area contributed by atoms with Gasteiger partial charge in [-0.25, -0.2) is 4.68 Å². The molecule has 0 saturated carbocycles. The lowest BCUT2D eigenvalue weighted by Gasteiger charge is -2.26. The van der Waals surface area contributed by atoms with Crippen molar-refractivity contribution in [2.75, 3.05) is 12.3 Å². The number of halogens is 3. The monoisotopic (exact) mass is 423 g/mol. The van der Waals surface area contributed by atoms with Crippen LogP contribution in [0.1, 0.15) is 40.0 Å². The number of aromatic nitrogens is 2. The van der Waals surface area contributed by atoms with Crippen LogP contribution in [0.3, 0.4) is 0 Å². The Kier molecular flexibility index (Phi) is 5.42. The van der Waals surface area contributed by atoms with Gasteiger partial charge in [-0.15, -0.1) is 0 Å². The second-order valence-corrected chi connectivity index (χ2v) is 8.38. The van der Waals surface area contributed by atoms with Crippen molar-refractivity contribution in [1.82, 2.24) is 14.7 Å². The first-order valence-corrected chi connectivity index (χ1v) is 10.6. The largest absolute Gasteiger partial charge is 0.417 e. The van der Waals surface area contributed by atoms with E-state index in [9.17, 15) is 22.8 Å². The van der Waals surface area contributed by atoms with Crippen LogP contribution in [0.2, 0.25) is 0 Å². The predicted octanol–water partition coefficient (Wildman–Crippen LogP) is 3.36. The molecule has 1 saturated heterocycles. The summed E-state index contributed by atoms with van der Waals surface area (Å²) in [6, 6.07) is 6.07. The third kappa shape index (κ3) is 4.05. The normalized spacial score (nSPS) is 19.3. The number of likely N-dealkylation sites (tertiary alicyclic amines) is 1. The van der Waals surface area contributed by atoms with Gasteiger partial charge < -0.3 is 4.90 Å². The van der Waals surface area contributed by atoms with Gasteiger partial charge in [0.05, 0.1) is 29.4 Å². The molecule has 3 heterocycles. The Morgan fingerprint density at radius 1 is 1.28 bits per heavy atom. The van der Waals surface area contributed by atoms with E-state index in [1.807, 2.05) is 0 Å². The Morgan fingerprint density at radius 3 is 2.86 bits per heavy atom. The fraction of sp³-hybridized carbons (Fsp3) is 0.450. The van der Waals surface area contributed by atoms with Crippen molar-refractivity contribution in [3.63, 3.8) is 0 Å². The summed E-state index contributed by atoms with van der Waals surface area (Å²) >= 11 is 1.76. The zero-order valence-corrected chi connectivity index (χ0v) is 16.4. The zero-order chi connectivity index (χ0) is 20.6. The van der Waals surface area contributed by atoms with Crippen molar-refractivity contribution >= 4 is 17.7 Å². The van der Waals surface area contributed by atoms with E-state index in [0.29, 0.717) is 19.4 Å². The summed E-state index contributed by atoms with van der Waals surface area (Å²) in [5.74, 6) is 1.06. The van der Waals surface area contributed by atoms with Gasteiger partial charge in [0.25, 0.3) is 11.5 Å². The Morgan fingerprint density at radius 2 is 2.07 bits per heavy atom. The highest BCUT2D eigenvalue weighted by molar-refractivity contribution is 7.98. The molecule has 0 spiro atoms. The van der Waals surface area contributed by atoms with Gasteiger partial charge in [0.1, 0.15) is 0 Å². The minimum Gasteiger partial charge on any atom is -0.334 e. The molecule has 9 heteroatoms. The molecule has 1 atom stereocenters. The van der Waals surface area contributed by atoms with E-state index in [1.165, 1.54) is 27.8 Å². The molecule has 5 nitrogen and oxygen atoms in total. The fourth-order valence-corrected chi connectivity index (χ4v) is 4.90. The second kappa shape index (κ2) is 7.85. The van der Waals surface area contributed by atoms with Crippen LogP contribution in [-0.4, -0.2) is 38.9 Å². The maximum Gasteiger partial charge on any atom is 0.417 e. The number of benzene rings is 1. The Balaban J connectivity index is 1.59. The van der Waals surface area contributed by atoms with Gasteiger partial charge in [-0.3, -0.25) is 9.59 Å². The van der Waals surface area contributed by atoms with Crippen molar-refractivity contribution in [1.29, 1.82) is 0 Å². The molecule has 154 valence electrons. The van der Waals surface area contributed by atoms with Gasteiger partial charge in [0, 0.05) is 24.8 Å². The number of fused-ring (bicyclic) bond motifs is 1. The number of aryl methyl sites for hydroxylation is 1. The van der Waals surface area contributed by atoms with E-state index >= 15 is 0 Å². The third-order valence-electron chi connectivity index (χ3n) is 5.39. The molecule has 1 aromatic heterocycles. The van der Waals surface area contributed by atoms with E-state index in [2.05, 4.69) is 5.10 Å². The van der Waals surface area contributed by atoms with Crippen LogP contribution in [-0.2, 0) is 24.9 Å². The lowest BCUT2D eigenvalue weighted by molar-refractivity contribution is -0.138. The van der Waals surface area contributed by atoms with Gasteiger partial charge in [0.2, 0.25) is 0 Å². The number of hydrogen-bond acceptors (Lipinski definition) is 4. The van der Waals surface area contributed by atoms with Crippen LogP contribution in [0.25, 0.3) is 0 Å². The van der Waals surface area contributed by atoms with Gasteiger partial charge in [-0.2, -0.15) is 30.0 Å². The molecule has 1 fully saturated rings. The standard InChI is InChI=1S/C20H20F3N3O2S/c21-20(22,23)16-6-2-1-5-15(16)19(28)25-8-3-4-14(25)11-26-18(27)10-13-12-29-9-7-17(13)24-26/h1-2,5-6,10,14H,3-4,7-9,11-12H2. The summed E-state index contributed by atoms with van der Waals surface area (Å²) in [4.78, 5) is 26.9. The van der Waals surface area contributed by atoms with E-state index in [0.717, 1.165) is 35.3 Å². The number of amides is 1. The fourth-order valence-electron chi connectivity index (χ4n) is 3.95. The average Bonchev–Trinajstić information content (AvgIpc) is 3.15. The van der Waals surface area contributed by atoms with E-state index < -0.39 is 17.6 Å². The topological polar surface area (TPSA) is 55.2 Å². The Bertz CT molecular complexity index is 990. The Hall–Kier alpha value is -2.29. The first-order chi connectivity index (χ1) is 13.8. The minimum absolute atomic E-state index is 0.194. The van der Waals surface area contributed by atoms with Crippen molar-refractivity contribution < 1.29 is 18.0 Å². The molecule has 4 rings (SSSR count). The summed E-state index contributed by atoms with van der Waals surface area (Å²) in [6.07, 6.45) is -2.51. The lowest BCUT2D eigenvalue weighted by atomic mass is 10.1. The average molecular weight is 423 g/mol. The zero-order valence-electron chi connectivity index (χ0n) is 15.6. The summed E-state index contributed by atoms with van der Waals surface area (Å²) in [5.41, 5.74) is 0.315. The predicted molar refractivity (Wildman–Crippen MR) is 104 cm³/mol. The van der Waals surface area contributed by atoms with Crippen molar-refractivity contribution in [3.05, 3.63) is 63.1 Å². The summed E-state index contributed by atoms with van der Waals surface area (Å²) in [6.45, 7) is 0.561. The first-order valence-electron chi connectivity index (χ1n) is 9.49. The molecule has 2 aliphatic heterocycles. The van der Waals surface area contributed by atoms with Crippen molar-refractivity contribution in [3.8, 4) is 0 Å². The molecule has 2 aliphatic rings. The maximum absolute atomic E-state index is 13.3. The van der Waals surface area contributed by atoms with Crippen LogP contribution in [0.5, 0.6) is 0 Å². The number of alkyl halides is 3. The number of rotatable bonds is 3. The second-order valence-electron chi connectivity index (χ2n) is 7.28. The molecular weight excluding hydrogens is 403 g/mol. The molecule has 0 aliphatic carbocycles.